The Morgan fingerprint density at radius 2 is 1.65 bits per heavy atom. The lowest BCUT2D eigenvalue weighted by atomic mass is 10.0. The van der Waals surface area contributed by atoms with E-state index in [1.54, 1.807) is 24.5 Å². The van der Waals surface area contributed by atoms with Gasteiger partial charge in [-0.1, -0.05) is 0 Å². The number of ketones is 1. The van der Waals surface area contributed by atoms with E-state index in [-0.39, 0.29) is 22.3 Å². The Labute approximate surface area is 194 Å². The number of imidazole rings is 1. The van der Waals surface area contributed by atoms with Crippen LogP contribution in [0.2, 0.25) is 0 Å². The molecule has 0 saturated carbocycles. The van der Waals surface area contributed by atoms with Crippen molar-refractivity contribution in [2.24, 2.45) is 0 Å². The largest absolute Gasteiger partial charge is 0.306 e. The second kappa shape index (κ2) is 8.78. The van der Waals surface area contributed by atoms with Crippen LogP contribution in [0.25, 0.3) is 5.69 Å². The summed E-state index contributed by atoms with van der Waals surface area (Å²) in [5.41, 5.74) is 1.49. The zero-order chi connectivity index (χ0) is 24.7. The second-order valence-electron chi connectivity index (χ2n) is 8.32. The minimum atomic E-state index is -0.909. The average molecular weight is 465 g/mol. The first-order chi connectivity index (χ1) is 16.1. The van der Waals surface area contributed by atoms with Gasteiger partial charge in [-0.05, 0) is 75.2 Å². The van der Waals surface area contributed by atoms with Crippen LogP contribution < -0.4 is 5.56 Å². The number of carbonyl (C=O) groups is 1. The lowest BCUT2D eigenvalue weighted by Gasteiger charge is -2.18. The van der Waals surface area contributed by atoms with Crippen molar-refractivity contribution in [2.75, 3.05) is 0 Å². The van der Waals surface area contributed by atoms with E-state index >= 15 is 0 Å². The molecule has 0 spiro atoms. The van der Waals surface area contributed by atoms with Crippen molar-refractivity contribution in [3.8, 4) is 5.69 Å². The van der Waals surface area contributed by atoms with Gasteiger partial charge in [0.1, 0.15) is 17.5 Å². The number of aromatic nitrogens is 3. The smallest absolute Gasteiger partial charge is 0.262 e. The Morgan fingerprint density at radius 1 is 0.971 bits per heavy atom. The SMILES string of the molecule is Cc1cn(-c2ccc(C(=O)c3cc(F)cn(C(C)c4cc(F)c(C)c(F)c4)c3=O)cc2C)cn1. The van der Waals surface area contributed by atoms with Crippen molar-refractivity contribution in [3.05, 3.63) is 116 Å². The first-order valence-electron chi connectivity index (χ1n) is 10.6. The van der Waals surface area contributed by atoms with E-state index in [1.807, 2.05) is 24.6 Å². The van der Waals surface area contributed by atoms with Crippen molar-refractivity contribution >= 4 is 5.78 Å². The number of halogens is 3. The third kappa shape index (κ3) is 4.19. The van der Waals surface area contributed by atoms with Crippen LogP contribution in [0.4, 0.5) is 13.2 Å². The van der Waals surface area contributed by atoms with Gasteiger partial charge < -0.3 is 9.13 Å². The van der Waals surface area contributed by atoms with Gasteiger partial charge in [-0.25, -0.2) is 18.2 Å². The molecule has 4 aromatic rings. The van der Waals surface area contributed by atoms with Gasteiger partial charge in [0, 0.05) is 29.2 Å². The van der Waals surface area contributed by atoms with Crippen molar-refractivity contribution in [3.63, 3.8) is 0 Å². The van der Waals surface area contributed by atoms with E-state index in [0.29, 0.717) is 0 Å². The quantitative estimate of drug-likeness (QED) is 0.380. The summed E-state index contributed by atoms with van der Waals surface area (Å²) in [6, 6.07) is 7.07. The predicted molar refractivity (Wildman–Crippen MR) is 122 cm³/mol. The minimum Gasteiger partial charge on any atom is -0.306 e. The number of hydrogen-bond acceptors (Lipinski definition) is 3. The van der Waals surface area contributed by atoms with Gasteiger partial charge in [-0.15, -0.1) is 0 Å². The van der Waals surface area contributed by atoms with Gasteiger partial charge in [-0.2, -0.15) is 0 Å². The van der Waals surface area contributed by atoms with Crippen LogP contribution in [0.3, 0.4) is 0 Å². The summed E-state index contributed by atoms with van der Waals surface area (Å²) in [5, 5.41) is 0. The summed E-state index contributed by atoms with van der Waals surface area (Å²) in [6.45, 7) is 6.48. The van der Waals surface area contributed by atoms with E-state index in [1.165, 1.54) is 13.8 Å². The molecule has 0 radical (unpaired) electrons. The van der Waals surface area contributed by atoms with Crippen molar-refractivity contribution in [1.82, 2.24) is 14.1 Å². The summed E-state index contributed by atoms with van der Waals surface area (Å²) >= 11 is 0. The molecule has 0 aliphatic heterocycles. The summed E-state index contributed by atoms with van der Waals surface area (Å²) in [6.07, 6.45) is 4.42. The third-order valence-corrected chi connectivity index (χ3v) is 5.91. The van der Waals surface area contributed by atoms with E-state index in [0.717, 1.165) is 45.9 Å². The standard InChI is InChI=1S/C26H22F3N3O2/c1-14-7-18(5-6-24(14)31-11-15(2)30-13-31)25(33)21-10-20(27)12-32(26(21)34)17(4)19-8-22(28)16(3)23(29)9-19/h5-13,17H,1-4H3. The molecule has 0 fully saturated rings. The van der Waals surface area contributed by atoms with Crippen LogP contribution in [0.5, 0.6) is 0 Å². The molecule has 4 rings (SSSR count). The number of carbonyl (C=O) groups excluding carboxylic acids is 1. The molecule has 2 heterocycles. The molecule has 0 N–H and O–H groups in total. The zero-order valence-electron chi connectivity index (χ0n) is 19.1. The average Bonchev–Trinajstić information content (AvgIpc) is 3.23. The van der Waals surface area contributed by atoms with Crippen LogP contribution in [-0.4, -0.2) is 19.9 Å². The number of benzene rings is 2. The molecule has 0 aliphatic carbocycles. The monoisotopic (exact) mass is 465 g/mol. The van der Waals surface area contributed by atoms with Gasteiger partial charge in [0.05, 0.1) is 23.6 Å². The summed E-state index contributed by atoms with van der Waals surface area (Å²) in [5.74, 6) is -3.01. The Kier molecular flexibility index (Phi) is 6.00. The molecule has 2 aromatic heterocycles. The fraction of sp³-hybridized carbons (Fsp3) is 0.192. The van der Waals surface area contributed by atoms with Crippen molar-refractivity contribution < 1.29 is 18.0 Å². The maximum absolute atomic E-state index is 14.5. The lowest BCUT2D eigenvalue weighted by Crippen LogP contribution is -2.29. The molecular formula is C26H22F3N3O2. The van der Waals surface area contributed by atoms with Crippen molar-refractivity contribution in [2.45, 2.75) is 33.7 Å². The Bertz CT molecular complexity index is 1460. The highest BCUT2D eigenvalue weighted by molar-refractivity contribution is 6.09. The number of hydrogen-bond donors (Lipinski definition) is 0. The number of aryl methyl sites for hydroxylation is 2. The molecule has 2 aromatic carbocycles. The first kappa shape index (κ1) is 23.2. The van der Waals surface area contributed by atoms with Crippen molar-refractivity contribution in [1.29, 1.82) is 0 Å². The second-order valence-corrected chi connectivity index (χ2v) is 8.32. The first-order valence-corrected chi connectivity index (χ1v) is 10.6. The van der Waals surface area contributed by atoms with Crippen LogP contribution in [0.15, 0.2) is 59.9 Å². The molecule has 1 atom stereocenters. The van der Waals surface area contributed by atoms with Crippen LogP contribution in [-0.2, 0) is 0 Å². The molecule has 0 amide bonds. The lowest BCUT2D eigenvalue weighted by molar-refractivity contribution is 0.103. The molecule has 34 heavy (non-hydrogen) atoms. The molecular weight excluding hydrogens is 443 g/mol. The van der Waals surface area contributed by atoms with Gasteiger partial charge in [0.15, 0.2) is 5.78 Å². The minimum absolute atomic E-state index is 0.141. The third-order valence-electron chi connectivity index (χ3n) is 5.91. The Hall–Kier alpha value is -3.94. The van der Waals surface area contributed by atoms with Crippen LogP contribution >= 0.6 is 0 Å². The Morgan fingerprint density at radius 3 is 2.24 bits per heavy atom. The highest BCUT2D eigenvalue weighted by Crippen LogP contribution is 2.23. The number of nitrogens with zero attached hydrogens (tertiary/aromatic N) is 3. The maximum Gasteiger partial charge on any atom is 0.262 e. The van der Waals surface area contributed by atoms with E-state index in [9.17, 15) is 22.8 Å². The normalized spacial score (nSPS) is 12.1. The molecule has 174 valence electrons. The molecule has 8 heteroatoms. The molecule has 5 nitrogen and oxygen atoms in total. The highest BCUT2D eigenvalue weighted by atomic mass is 19.1. The van der Waals surface area contributed by atoms with Crippen LogP contribution in [0.1, 0.15) is 51.3 Å². The summed E-state index contributed by atoms with van der Waals surface area (Å²) in [4.78, 5) is 30.5. The van der Waals surface area contributed by atoms with Crippen LogP contribution in [0, 0.1) is 38.2 Å². The molecule has 0 bridgehead atoms. The van der Waals surface area contributed by atoms with Gasteiger partial charge in [0.25, 0.3) is 5.56 Å². The topological polar surface area (TPSA) is 56.9 Å². The predicted octanol–water partition coefficient (Wildman–Crippen LogP) is 5.22. The molecule has 1 unspecified atom stereocenters. The van der Waals surface area contributed by atoms with Gasteiger partial charge in [0.2, 0.25) is 0 Å². The Balaban J connectivity index is 1.74. The maximum atomic E-state index is 14.5. The molecule has 0 aliphatic rings. The summed E-state index contributed by atoms with van der Waals surface area (Å²) < 4.78 is 45.4. The van der Waals surface area contributed by atoms with Gasteiger partial charge >= 0.3 is 0 Å². The fourth-order valence-corrected chi connectivity index (χ4v) is 3.88. The molecule has 0 saturated heterocycles. The van der Waals surface area contributed by atoms with E-state index in [2.05, 4.69) is 4.98 Å². The van der Waals surface area contributed by atoms with E-state index in [4.69, 9.17) is 0 Å². The highest BCUT2D eigenvalue weighted by Gasteiger charge is 2.21. The van der Waals surface area contributed by atoms with E-state index < -0.39 is 34.8 Å². The van der Waals surface area contributed by atoms with Gasteiger partial charge in [-0.3, -0.25) is 9.59 Å². The number of pyridine rings is 1. The fourth-order valence-electron chi connectivity index (χ4n) is 3.88. The number of rotatable bonds is 5. The summed E-state index contributed by atoms with van der Waals surface area (Å²) in [7, 11) is 0. The zero-order valence-corrected chi connectivity index (χ0v) is 19.1.